The maximum Gasteiger partial charge on any atom is 0.280 e. The van der Waals surface area contributed by atoms with E-state index < -0.39 is 21.7 Å². The van der Waals surface area contributed by atoms with Crippen LogP contribution in [-0.4, -0.2) is 62.7 Å². The second-order valence-electron chi connectivity index (χ2n) is 8.51. The maximum absolute atomic E-state index is 13.8. The molecule has 1 aliphatic rings. The second kappa shape index (κ2) is 11.6. The highest BCUT2D eigenvalue weighted by molar-refractivity contribution is 7.89. The molecule has 0 radical (unpaired) electrons. The minimum Gasteiger partial charge on any atom is -0.494 e. The van der Waals surface area contributed by atoms with Crippen molar-refractivity contribution in [3.8, 4) is 5.75 Å². The van der Waals surface area contributed by atoms with E-state index in [1.807, 2.05) is 6.92 Å². The molecule has 202 valence electrons. The Kier molecular flexibility index (Phi) is 7.98. The van der Waals surface area contributed by atoms with E-state index in [9.17, 15) is 17.6 Å². The highest BCUT2D eigenvalue weighted by Crippen LogP contribution is 2.31. The van der Waals surface area contributed by atoms with Gasteiger partial charge in [-0.3, -0.25) is 4.79 Å². The van der Waals surface area contributed by atoms with Crippen LogP contribution in [0, 0.1) is 5.82 Å². The lowest BCUT2D eigenvalue weighted by molar-refractivity contribution is 0.0730. The van der Waals surface area contributed by atoms with Gasteiger partial charge in [-0.2, -0.15) is 14.4 Å². The molecule has 0 spiro atoms. The first-order chi connectivity index (χ1) is 18.8. The number of sulfonamides is 1. The monoisotopic (exact) mass is 568 g/mol. The summed E-state index contributed by atoms with van der Waals surface area (Å²) in [6, 6.07) is 17.1. The van der Waals surface area contributed by atoms with Crippen LogP contribution in [0.25, 0.3) is 10.2 Å². The van der Waals surface area contributed by atoms with E-state index in [-0.39, 0.29) is 28.7 Å². The average Bonchev–Trinajstić information content (AvgIpc) is 3.37. The Hall–Kier alpha value is -3.71. The number of carbonyl (C=O) groups excluding carboxylic acids is 1. The van der Waals surface area contributed by atoms with Crippen molar-refractivity contribution in [1.29, 1.82) is 0 Å². The van der Waals surface area contributed by atoms with Crippen molar-refractivity contribution in [3.63, 3.8) is 0 Å². The van der Waals surface area contributed by atoms with Gasteiger partial charge in [-0.15, -0.1) is 0 Å². The Bertz CT molecular complexity index is 1600. The fourth-order valence-electron chi connectivity index (χ4n) is 3.93. The quantitative estimate of drug-likeness (QED) is 0.229. The van der Waals surface area contributed by atoms with Crippen LogP contribution in [0.5, 0.6) is 5.75 Å². The molecule has 0 saturated carbocycles. The molecule has 0 bridgehead atoms. The highest BCUT2D eigenvalue weighted by Gasteiger charge is 2.27. The van der Waals surface area contributed by atoms with Crippen LogP contribution in [0.3, 0.4) is 0 Å². The first kappa shape index (κ1) is 26.9. The fraction of sp³-hybridized carbons (Fsp3) is 0.222. The SMILES string of the molecule is CCOc1ccc(/C=N/N(C(=O)c2ccc(S(=O)(=O)N3CCOCC3)cc2)c2nc3ccc(F)cc3s2)cc1. The molecule has 12 heteroatoms. The molecule has 1 amide bonds. The summed E-state index contributed by atoms with van der Waals surface area (Å²) in [4.78, 5) is 18.2. The van der Waals surface area contributed by atoms with Gasteiger partial charge in [-0.25, -0.2) is 17.8 Å². The molecule has 1 saturated heterocycles. The van der Waals surface area contributed by atoms with Crippen LogP contribution in [-0.2, 0) is 14.8 Å². The van der Waals surface area contributed by atoms with Crippen molar-refractivity contribution in [1.82, 2.24) is 9.29 Å². The van der Waals surface area contributed by atoms with Crippen molar-refractivity contribution in [2.45, 2.75) is 11.8 Å². The zero-order valence-electron chi connectivity index (χ0n) is 21.0. The lowest BCUT2D eigenvalue weighted by atomic mass is 10.2. The van der Waals surface area contributed by atoms with Gasteiger partial charge in [0.05, 0.1) is 41.1 Å². The van der Waals surface area contributed by atoms with E-state index in [1.54, 1.807) is 24.3 Å². The number of aromatic nitrogens is 1. The molecule has 0 atom stereocenters. The van der Waals surface area contributed by atoms with Gasteiger partial charge in [0.25, 0.3) is 5.91 Å². The van der Waals surface area contributed by atoms with Crippen molar-refractivity contribution in [2.24, 2.45) is 5.10 Å². The average molecular weight is 569 g/mol. The van der Waals surface area contributed by atoms with Gasteiger partial charge in [0, 0.05) is 18.7 Å². The maximum atomic E-state index is 13.8. The van der Waals surface area contributed by atoms with Crippen LogP contribution in [0.1, 0.15) is 22.8 Å². The zero-order chi connectivity index (χ0) is 27.4. The molecule has 5 rings (SSSR count). The number of hydrazone groups is 1. The summed E-state index contributed by atoms with van der Waals surface area (Å²) in [6.45, 7) is 3.66. The summed E-state index contributed by atoms with van der Waals surface area (Å²) in [6.07, 6.45) is 1.51. The van der Waals surface area contributed by atoms with Crippen LogP contribution in [0.2, 0.25) is 0 Å². The van der Waals surface area contributed by atoms with Crippen LogP contribution in [0.15, 0.2) is 76.7 Å². The molecule has 1 aromatic heterocycles. The molecule has 9 nitrogen and oxygen atoms in total. The Morgan fingerprint density at radius 3 is 2.54 bits per heavy atom. The number of ether oxygens (including phenoxy) is 2. The third-order valence-corrected chi connectivity index (χ3v) is 8.84. The molecule has 4 aromatic rings. The van der Waals surface area contributed by atoms with Gasteiger partial charge in [-0.1, -0.05) is 11.3 Å². The normalized spacial score (nSPS) is 14.6. The number of rotatable bonds is 8. The third-order valence-electron chi connectivity index (χ3n) is 5.94. The molecule has 3 aromatic carbocycles. The fourth-order valence-corrected chi connectivity index (χ4v) is 6.29. The molecule has 1 aliphatic heterocycles. The summed E-state index contributed by atoms with van der Waals surface area (Å²) in [7, 11) is -3.71. The van der Waals surface area contributed by atoms with Gasteiger partial charge in [0.15, 0.2) is 0 Å². The number of anilines is 1. The van der Waals surface area contributed by atoms with Crippen LogP contribution >= 0.6 is 11.3 Å². The van der Waals surface area contributed by atoms with Crippen molar-refractivity contribution in [2.75, 3.05) is 37.9 Å². The Morgan fingerprint density at radius 1 is 1.13 bits per heavy atom. The molecular formula is C27H25FN4O5S2. The number of hydrogen-bond donors (Lipinski definition) is 0. The molecule has 39 heavy (non-hydrogen) atoms. The Balaban J connectivity index is 1.46. The third kappa shape index (κ3) is 5.98. The molecule has 0 aliphatic carbocycles. The number of halogens is 1. The van der Waals surface area contributed by atoms with Crippen LogP contribution in [0.4, 0.5) is 9.52 Å². The minimum absolute atomic E-state index is 0.0841. The molecule has 0 unspecified atom stereocenters. The largest absolute Gasteiger partial charge is 0.494 e. The van der Waals surface area contributed by atoms with Crippen molar-refractivity contribution in [3.05, 3.63) is 83.7 Å². The number of nitrogens with zero attached hydrogens (tertiary/aromatic N) is 4. The standard InChI is InChI=1S/C27H25FN4O5S2/c1-2-37-22-8-3-19(4-9-22)18-29-32(27-30-24-12-7-21(28)17-25(24)38-27)26(33)20-5-10-23(11-6-20)39(34,35)31-13-15-36-16-14-31/h3-12,17-18H,2,13-16H2,1H3/b29-18+. The van der Waals surface area contributed by atoms with Gasteiger partial charge >= 0.3 is 0 Å². The molecule has 0 N–H and O–H groups in total. The van der Waals surface area contributed by atoms with Crippen LogP contribution < -0.4 is 9.75 Å². The number of hydrogen-bond acceptors (Lipinski definition) is 8. The summed E-state index contributed by atoms with van der Waals surface area (Å²) in [5.74, 6) is -0.222. The number of thiazole rings is 1. The summed E-state index contributed by atoms with van der Waals surface area (Å²) < 4.78 is 52.4. The summed E-state index contributed by atoms with van der Waals surface area (Å²) >= 11 is 1.12. The van der Waals surface area contributed by atoms with Crippen molar-refractivity contribution < 1.29 is 27.1 Å². The number of morpholine rings is 1. The first-order valence-corrected chi connectivity index (χ1v) is 14.5. The van der Waals surface area contributed by atoms with Gasteiger partial charge in [0.2, 0.25) is 15.2 Å². The first-order valence-electron chi connectivity index (χ1n) is 12.2. The number of carbonyl (C=O) groups is 1. The number of fused-ring (bicyclic) bond motifs is 1. The molecular weight excluding hydrogens is 543 g/mol. The van der Waals surface area contributed by atoms with E-state index in [4.69, 9.17) is 9.47 Å². The predicted molar refractivity (Wildman–Crippen MR) is 148 cm³/mol. The molecule has 2 heterocycles. The second-order valence-corrected chi connectivity index (χ2v) is 11.5. The topological polar surface area (TPSA) is 101 Å². The lowest BCUT2D eigenvalue weighted by Gasteiger charge is -2.26. The Labute approximate surface area is 229 Å². The van der Waals surface area contributed by atoms with E-state index in [0.29, 0.717) is 35.8 Å². The van der Waals surface area contributed by atoms with E-state index in [2.05, 4.69) is 10.1 Å². The van der Waals surface area contributed by atoms with Gasteiger partial charge in [0.1, 0.15) is 11.6 Å². The predicted octanol–water partition coefficient (Wildman–Crippen LogP) is 4.54. The smallest absolute Gasteiger partial charge is 0.280 e. The summed E-state index contributed by atoms with van der Waals surface area (Å²) in [5.41, 5.74) is 1.46. The highest BCUT2D eigenvalue weighted by atomic mass is 32.2. The minimum atomic E-state index is -3.71. The van der Waals surface area contributed by atoms with Gasteiger partial charge < -0.3 is 9.47 Å². The van der Waals surface area contributed by atoms with E-state index in [0.717, 1.165) is 21.9 Å². The zero-order valence-corrected chi connectivity index (χ0v) is 22.6. The number of benzene rings is 3. The van der Waals surface area contributed by atoms with Gasteiger partial charge in [-0.05, 0) is 79.2 Å². The van der Waals surface area contributed by atoms with E-state index in [1.165, 1.54) is 53.0 Å². The number of amides is 1. The summed E-state index contributed by atoms with van der Waals surface area (Å²) in [5, 5.41) is 5.78. The lowest BCUT2D eigenvalue weighted by Crippen LogP contribution is -2.40. The molecule has 1 fully saturated rings. The Morgan fingerprint density at radius 2 is 1.85 bits per heavy atom. The van der Waals surface area contributed by atoms with Crippen molar-refractivity contribution >= 4 is 48.8 Å². The van der Waals surface area contributed by atoms with E-state index >= 15 is 0 Å².